The number of nitrogens with two attached hydrogens (primary N) is 2. The van der Waals surface area contributed by atoms with Gasteiger partial charge in [-0.05, 0) is 84.0 Å². The molecule has 47 heavy (non-hydrogen) atoms. The van der Waals surface area contributed by atoms with E-state index in [1.54, 1.807) is 40.4 Å². The number of nitrogens with one attached hydrogen (secondary N) is 1. The molecule has 2 heterocycles. The number of hydrogen-bond donors (Lipinski definition) is 4. The zero-order valence-corrected chi connectivity index (χ0v) is 27.8. The van der Waals surface area contributed by atoms with E-state index in [1.165, 1.54) is 11.3 Å². The number of fused-ring (bicyclic) bond motifs is 1. The molecule has 0 aliphatic rings. The molecule has 6 N–H and O–H groups in total. The van der Waals surface area contributed by atoms with Crippen LogP contribution in [0.15, 0.2) is 78.4 Å². The molecule has 2 aromatic heterocycles. The number of amides is 2. The number of pyridine rings is 1. The molecule has 0 saturated carbocycles. The number of nitrogen functional groups attached to an aromatic ring is 2. The number of aliphatic hydroxyl groups excluding tert-OH is 1. The van der Waals surface area contributed by atoms with Crippen LogP contribution in [0, 0.1) is 6.92 Å². The van der Waals surface area contributed by atoms with E-state index in [0.29, 0.717) is 42.3 Å². The molecule has 2 amide bonds. The summed E-state index contributed by atoms with van der Waals surface area (Å²) in [6.45, 7) is 7.33. The number of nitrogens with zero attached hydrogens (tertiary/aromatic N) is 4. The highest BCUT2D eigenvalue weighted by Gasteiger charge is 2.23. The summed E-state index contributed by atoms with van der Waals surface area (Å²) in [6.07, 6.45) is 3.39. The monoisotopic (exact) mass is 651 g/mol. The summed E-state index contributed by atoms with van der Waals surface area (Å²) in [7, 11) is 0. The van der Waals surface area contributed by atoms with Crippen LogP contribution in [0.2, 0.25) is 0 Å². The number of benzene rings is 3. The van der Waals surface area contributed by atoms with Crippen molar-refractivity contribution in [1.29, 1.82) is 0 Å². The molecular weight excluding hydrogens is 611 g/mol. The second-order valence-corrected chi connectivity index (χ2v) is 12.6. The predicted octanol–water partition coefficient (Wildman–Crippen LogP) is 5.56. The van der Waals surface area contributed by atoms with Crippen LogP contribution in [-0.4, -0.2) is 56.4 Å². The highest BCUT2D eigenvalue weighted by atomic mass is 32.1. The third kappa shape index (κ3) is 7.87. The first-order chi connectivity index (χ1) is 22.7. The van der Waals surface area contributed by atoms with Crippen molar-refractivity contribution in [2.75, 3.05) is 36.5 Å². The Morgan fingerprint density at radius 2 is 1.77 bits per heavy atom. The molecule has 3 aromatic carbocycles. The molecule has 1 unspecified atom stereocenters. The van der Waals surface area contributed by atoms with Gasteiger partial charge in [-0.25, -0.2) is 9.97 Å². The van der Waals surface area contributed by atoms with Gasteiger partial charge in [0.25, 0.3) is 5.91 Å². The summed E-state index contributed by atoms with van der Waals surface area (Å²) in [5.41, 5.74) is 17.7. The lowest BCUT2D eigenvalue weighted by molar-refractivity contribution is -0.130. The maximum Gasteiger partial charge on any atom is 0.254 e. The largest absolute Gasteiger partial charge is 0.399 e. The molecule has 5 aromatic rings. The van der Waals surface area contributed by atoms with Crippen LogP contribution in [-0.2, 0) is 24.4 Å². The Labute approximate surface area is 279 Å². The highest BCUT2D eigenvalue weighted by Crippen LogP contribution is 2.26. The minimum absolute atomic E-state index is 0.0218. The average molecular weight is 652 g/mol. The minimum Gasteiger partial charge on any atom is -0.399 e. The molecule has 0 aliphatic heterocycles. The maximum atomic E-state index is 14.1. The van der Waals surface area contributed by atoms with Crippen LogP contribution >= 0.6 is 11.3 Å². The Balaban J connectivity index is 1.45. The number of aromatic nitrogens is 2. The first kappa shape index (κ1) is 33.4. The highest BCUT2D eigenvalue weighted by molar-refractivity contribution is 7.09. The van der Waals surface area contributed by atoms with Gasteiger partial charge in [0.1, 0.15) is 10.8 Å². The van der Waals surface area contributed by atoms with Gasteiger partial charge in [0.05, 0.1) is 13.1 Å². The summed E-state index contributed by atoms with van der Waals surface area (Å²) in [6, 6.07) is 18.8. The molecule has 0 saturated heterocycles. The quantitative estimate of drug-likeness (QED) is 0.121. The number of hydrogen-bond acceptors (Lipinski definition) is 9. The van der Waals surface area contributed by atoms with E-state index in [-0.39, 0.29) is 37.4 Å². The summed E-state index contributed by atoms with van der Waals surface area (Å²) in [5.74, 6) is 0.0949. The molecule has 0 bridgehead atoms. The van der Waals surface area contributed by atoms with Crippen molar-refractivity contribution in [3.63, 3.8) is 0 Å². The van der Waals surface area contributed by atoms with Crippen LogP contribution in [0.1, 0.15) is 57.4 Å². The molecular formula is C36H41N7O3S. The number of aliphatic hydroxyl groups is 1. The number of anilines is 3. The Kier molecular flexibility index (Phi) is 10.7. The van der Waals surface area contributed by atoms with Crippen LogP contribution in [0.3, 0.4) is 0 Å². The fourth-order valence-electron chi connectivity index (χ4n) is 5.70. The topological polar surface area (TPSA) is 151 Å². The molecule has 0 spiro atoms. The number of carbonyl (C=O) groups excluding carboxylic acids is 2. The van der Waals surface area contributed by atoms with E-state index in [0.717, 1.165) is 38.2 Å². The van der Waals surface area contributed by atoms with E-state index in [2.05, 4.69) is 15.3 Å². The first-order valence-electron chi connectivity index (χ1n) is 15.6. The minimum atomic E-state index is -0.157. The Hall–Kier alpha value is -5.00. The van der Waals surface area contributed by atoms with Gasteiger partial charge >= 0.3 is 0 Å². The lowest BCUT2D eigenvalue weighted by atomic mass is 9.93. The van der Waals surface area contributed by atoms with E-state index in [4.69, 9.17) is 11.5 Å². The normalized spacial score (nSPS) is 11.7. The number of rotatable bonds is 13. The zero-order chi connectivity index (χ0) is 33.5. The van der Waals surface area contributed by atoms with E-state index < -0.39 is 0 Å². The molecule has 0 fully saturated rings. The van der Waals surface area contributed by atoms with E-state index >= 15 is 0 Å². The molecule has 11 heteroatoms. The van der Waals surface area contributed by atoms with Crippen molar-refractivity contribution in [3.8, 4) is 0 Å². The van der Waals surface area contributed by atoms with Gasteiger partial charge < -0.3 is 31.7 Å². The van der Waals surface area contributed by atoms with Crippen LogP contribution in [0.5, 0.6) is 0 Å². The van der Waals surface area contributed by atoms with Gasteiger partial charge in [0.2, 0.25) is 5.91 Å². The van der Waals surface area contributed by atoms with Gasteiger partial charge in [0, 0.05) is 72.3 Å². The second-order valence-electron chi connectivity index (χ2n) is 11.6. The SMILES string of the molecule is CCN(Cc1nccs1)C(=O)c1ccc(N)cc1CN(Cc1cccc(C(C)CO)c1C)C(=O)CNc1ccc2c(N)nccc2c1. The van der Waals surface area contributed by atoms with Crippen molar-refractivity contribution in [2.45, 2.75) is 46.3 Å². The summed E-state index contributed by atoms with van der Waals surface area (Å²) in [5, 5.41) is 17.6. The Morgan fingerprint density at radius 1 is 0.957 bits per heavy atom. The fraction of sp³-hybridized carbons (Fsp3) is 0.278. The lowest BCUT2D eigenvalue weighted by Gasteiger charge is -2.27. The zero-order valence-electron chi connectivity index (χ0n) is 26.9. The molecule has 244 valence electrons. The Morgan fingerprint density at radius 3 is 2.51 bits per heavy atom. The molecule has 10 nitrogen and oxygen atoms in total. The van der Waals surface area contributed by atoms with Crippen LogP contribution in [0.25, 0.3) is 10.8 Å². The van der Waals surface area contributed by atoms with Crippen LogP contribution < -0.4 is 16.8 Å². The van der Waals surface area contributed by atoms with E-state index in [1.807, 2.05) is 68.6 Å². The smallest absolute Gasteiger partial charge is 0.254 e. The average Bonchev–Trinajstić information content (AvgIpc) is 3.59. The lowest BCUT2D eigenvalue weighted by Crippen LogP contribution is -2.36. The third-order valence-corrected chi connectivity index (χ3v) is 9.21. The van der Waals surface area contributed by atoms with Gasteiger partial charge in [0.15, 0.2) is 0 Å². The first-order valence-corrected chi connectivity index (χ1v) is 16.5. The van der Waals surface area contributed by atoms with Crippen LogP contribution in [0.4, 0.5) is 17.2 Å². The van der Waals surface area contributed by atoms with Crippen molar-refractivity contribution in [1.82, 2.24) is 19.8 Å². The van der Waals surface area contributed by atoms with Crippen molar-refractivity contribution < 1.29 is 14.7 Å². The van der Waals surface area contributed by atoms with Gasteiger partial charge in [-0.2, -0.15) is 0 Å². The van der Waals surface area contributed by atoms with Gasteiger partial charge in [-0.1, -0.05) is 25.1 Å². The van der Waals surface area contributed by atoms with Gasteiger partial charge in [-0.15, -0.1) is 11.3 Å². The molecule has 5 rings (SSSR count). The Bertz CT molecular complexity index is 1860. The molecule has 1 atom stereocenters. The van der Waals surface area contributed by atoms with Crippen molar-refractivity contribution in [3.05, 3.63) is 111 Å². The predicted molar refractivity (Wildman–Crippen MR) is 189 cm³/mol. The standard InChI is InChI=1S/C36H41N7O3S/c1-4-42(21-33-39-14-15-47-33)36(46)32-10-8-28(37)16-27(32)20-43(19-26-6-5-7-30(24(26)3)23(2)22-44)34(45)18-41-29-9-11-31-25(17-29)12-13-40-35(31)38/h5-17,23,41,44H,4,18-22,37H2,1-3H3,(H2,38,40). The molecule has 0 radical (unpaired) electrons. The third-order valence-electron chi connectivity index (χ3n) is 8.44. The number of thiazole rings is 1. The van der Waals surface area contributed by atoms with Crippen molar-refractivity contribution in [2.24, 2.45) is 0 Å². The van der Waals surface area contributed by atoms with E-state index in [9.17, 15) is 14.7 Å². The van der Waals surface area contributed by atoms with Crippen molar-refractivity contribution >= 4 is 51.1 Å². The summed E-state index contributed by atoms with van der Waals surface area (Å²) in [4.78, 5) is 39.9. The maximum absolute atomic E-state index is 14.1. The summed E-state index contributed by atoms with van der Waals surface area (Å²) < 4.78 is 0. The second kappa shape index (κ2) is 15.1. The fourth-order valence-corrected chi connectivity index (χ4v) is 6.33. The molecule has 0 aliphatic carbocycles. The summed E-state index contributed by atoms with van der Waals surface area (Å²) >= 11 is 1.50. The van der Waals surface area contributed by atoms with Gasteiger partial charge in [-0.3, -0.25) is 9.59 Å². The number of carbonyl (C=O) groups is 2.